The Balaban J connectivity index is 1.66. The standard InChI is InChI=1S/C22H23NO4/c1-15(2)14-26-19-5-3-4-17(12-19)22(25)23-18-8-6-16(7-9-18)21-11-10-20(13-24)27-21/h3-12,15,24H,13-14H2,1-2H3,(H,23,25). The van der Waals surface area contributed by atoms with Crippen LogP contribution in [0.5, 0.6) is 5.75 Å². The molecule has 27 heavy (non-hydrogen) atoms. The summed E-state index contributed by atoms with van der Waals surface area (Å²) in [5, 5.41) is 12.0. The predicted octanol–water partition coefficient (Wildman–Crippen LogP) is 4.73. The van der Waals surface area contributed by atoms with E-state index in [2.05, 4.69) is 19.2 Å². The van der Waals surface area contributed by atoms with E-state index in [1.807, 2.05) is 42.5 Å². The number of nitrogens with one attached hydrogen (secondary N) is 1. The third-order valence-electron chi connectivity index (χ3n) is 3.92. The van der Waals surface area contributed by atoms with Crippen molar-refractivity contribution in [2.75, 3.05) is 11.9 Å². The fourth-order valence-electron chi connectivity index (χ4n) is 2.53. The summed E-state index contributed by atoms with van der Waals surface area (Å²) in [6.07, 6.45) is 0. The molecular weight excluding hydrogens is 342 g/mol. The molecule has 0 aliphatic heterocycles. The minimum atomic E-state index is -0.196. The van der Waals surface area contributed by atoms with E-state index >= 15 is 0 Å². The Hall–Kier alpha value is -3.05. The second-order valence-corrected chi connectivity index (χ2v) is 6.69. The number of hydrogen-bond donors (Lipinski definition) is 2. The summed E-state index contributed by atoms with van der Waals surface area (Å²) < 4.78 is 11.2. The number of carbonyl (C=O) groups is 1. The number of hydrogen-bond acceptors (Lipinski definition) is 4. The lowest BCUT2D eigenvalue weighted by Crippen LogP contribution is -2.12. The van der Waals surface area contributed by atoms with Crippen LogP contribution < -0.4 is 10.1 Å². The second-order valence-electron chi connectivity index (χ2n) is 6.69. The van der Waals surface area contributed by atoms with E-state index in [0.29, 0.717) is 41.0 Å². The summed E-state index contributed by atoms with van der Waals surface area (Å²) >= 11 is 0. The predicted molar refractivity (Wildman–Crippen MR) is 105 cm³/mol. The average Bonchev–Trinajstić information content (AvgIpc) is 3.16. The molecule has 0 saturated heterocycles. The zero-order valence-electron chi connectivity index (χ0n) is 15.4. The molecule has 3 aromatic rings. The first-order valence-corrected chi connectivity index (χ1v) is 8.89. The van der Waals surface area contributed by atoms with Gasteiger partial charge in [0.2, 0.25) is 0 Å². The third-order valence-corrected chi connectivity index (χ3v) is 3.92. The van der Waals surface area contributed by atoms with Gasteiger partial charge in [0.15, 0.2) is 0 Å². The monoisotopic (exact) mass is 365 g/mol. The molecule has 0 spiro atoms. The maximum Gasteiger partial charge on any atom is 0.255 e. The fraction of sp³-hybridized carbons (Fsp3) is 0.227. The van der Waals surface area contributed by atoms with Crippen LogP contribution in [0.2, 0.25) is 0 Å². The molecule has 1 heterocycles. The first-order valence-electron chi connectivity index (χ1n) is 8.89. The molecule has 0 atom stereocenters. The van der Waals surface area contributed by atoms with Gasteiger partial charge in [-0.2, -0.15) is 0 Å². The summed E-state index contributed by atoms with van der Waals surface area (Å²) in [5.74, 6) is 2.10. The Morgan fingerprint density at radius 3 is 2.56 bits per heavy atom. The van der Waals surface area contributed by atoms with Gasteiger partial charge in [0.25, 0.3) is 5.91 Å². The van der Waals surface area contributed by atoms with Gasteiger partial charge >= 0.3 is 0 Å². The Kier molecular flexibility index (Phi) is 5.94. The van der Waals surface area contributed by atoms with Crippen molar-refractivity contribution in [3.05, 3.63) is 72.0 Å². The highest BCUT2D eigenvalue weighted by Crippen LogP contribution is 2.24. The zero-order valence-corrected chi connectivity index (χ0v) is 15.4. The molecule has 5 heteroatoms. The van der Waals surface area contributed by atoms with Crippen LogP contribution >= 0.6 is 0 Å². The topological polar surface area (TPSA) is 71.7 Å². The van der Waals surface area contributed by atoms with Gasteiger partial charge in [-0.3, -0.25) is 4.79 Å². The Morgan fingerprint density at radius 1 is 1.11 bits per heavy atom. The second kappa shape index (κ2) is 8.56. The van der Waals surface area contributed by atoms with E-state index in [0.717, 1.165) is 5.56 Å². The van der Waals surface area contributed by atoms with Crippen molar-refractivity contribution in [3.63, 3.8) is 0 Å². The van der Waals surface area contributed by atoms with E-state index in [4.69, 9.17) is 14.3 Å². The maximum atomic E-state index is 12.5. The van der Waals surface area contributed by atoms with Gasteiger partial charge in [0.1, 0.15) is 23.9 Å². The number of aliphatic hydroxyl groups is 1. The summed E-state index contributed by atoms with van der Waals surface area (Å²) in [6, 6.07) is 18.0. The molecule has 0 saturated carbocycles. The van der Waals surface area contributed by atoms with Crippen molar-refractivity contribution < 1.29 is 19.1 Å². The van der Waals surface area contributed by atoms with Gasteiger partial charge < -0.3 is 19.6 Å². The van der Waals surface area contributed by atoms with E-state index in [-0.39, 0.29) is 12.5 Å². The Morgan fingerprint density at radius 2 is 1.89 bits per heavy atom. The van der Waals surface area contributed by atoms with E-state index in [9.17, 15) is 4.79 Å². The summed E-state index contributed by atoms with van der Waals surface area (Å²) in [6.45, 7) is 4.63. The van der Waals surface area contributed by atoms with Gasteiger partial charge in [-0.15, -0.1) is 0 Å². The molecule has 0 aliphatic rings. The van der Waals surface area contributed by atoms with Crippen molar-refractivity contribution in [3.8, 4) is 17.1 Å². The third kappa shape index (κ3) is 4.99. The number of rotatable bonds is 7. The summed E-state index contributed by atoms with van der Waals surface area (Å²) in [5.41, 5.74) is 2.10. The summed E-state index contributed by atoms with van der Waals surface area (Å²) in [4.78, 5) is 12.5. The smallest absolute Gasteiger partial charge is 0.255 e. The van der Waals surface area contributed by atoms with E-state index in [1.165, 1.54) is 0 Å². The first-order chi connectivity index (χ1) is 13.0. The highest BCUT2D eigenvalue weighted by atomic mass is 16.5. The van der Waals surface area contributed by atoms with Gasteiger partial charge in [-0.05, 0) is 60.5 Å². The van der Waals surface area contributed by atoms with Crippen molar-refractivity contribution in [1.82, 2.24) is 0 Å². The number of anilines is 1. The number of aliphatic hydroxyl groups excluding tert-OH is 1. The molecule has 0 aliphatic carbocycles. The van der Waals surface area contributed by atoms with Crippen LogP contribution in [0, 0.1) is 5.92 Å². The minimum Gasteiger partial charge on any atom is -0.493 e. The van der Waals surface area contributed by atoms with Crippen LogP contribution in [0.25, 0.3) is 11.3 Å². The number of carbonyl (C=O) groups excluding carboxylic acids is 1. The molecule has 0 fully saturated rings. The van der Waals surface area contributed by atoms with Gasteiger partial charge in [-0.25, -0.2) is 0 Å². The first kappa shape index (κ1) is 18.7. The van der Waals surface area contributed by atoms with Crippen molar-refractivity contribution in [2.24, 2.45) is 5.92 Å². The van der Waals surface area contributed by atoms with Crippen molar-refractivity contribution in [2.45, 2.75) is 20.5 Å². The molecule has 140 valence electrons. The average molecular weight is 365 g/mol. The van der Waals surface area contributed by atoms with Gasteiger partial charge in [-0.1, -0.05) is 19.9 Å². The highest BCUT2D eigenvalue weighted by molar-refractivity contribution is 6.04. The highest BCUT2D eigenvalue weighted by Gasteiger charge is 2.09. The molecular formula is C22H23NO4. The molecule has 5 nitrogen and oxygen atoms in total. The normalized spacial score (nSPS) is 10.8. The fourth-order valence-corrected chi connectivity index (χ4v) is 2.53. The van der Waals surface area contributed by atoms with Crippen molar-refractivity contribution >= 4 is 11.6 Å². The largest absolute Gasteiger partial charge is 0.493 e. The van der Waals surface area contributed by atoms with Gasteiger partial charge in [0, 0.05) is 16.8 Å². The molecule has 3 rings (SSSR count). The minimum absolute atomic E-state index is 0.131. The zero-order chi connectivity index (χ0) is 19.2. The Labute approximate surface area is 158 Å². The van der Waals surface area contributed by atoms with Crippen LogP contribution in [-0.4, -0.2) is 17.6 Å². The molecule has 0 radical (unpaired) electrons. The van der Waals surface area contributed by atoms with Crippen LogP contribution in [0.15, 0.2) is 65.1 Å². The van der Waals surface area contributed by atoms with Crippen LogP contribution in [-0.2, 0) is 6.61 Å². The van der Waals surface area contributed by atoms with E-state index in [1.54, 1.807) is 18.2 Å². The lowest BCUT2D eigenvalue weighted by Gasteiger charge is -2.10. The molecule has 0 unspecified atom stereocenters. The Bertz CT molecular complexity index is 897. The van der Waals surface area contributed by atoms with E-state index < -0.39 is 0 Å². The summed E-state index contributed by atoms with van der Waals surface area (Å²) in [7, 11) is 0. The van der Waals surface area contributed by atoms with Gasteiger partial charge in [0.05, 0.1) is 6.61 Å². The molecule has 1 amide bonds. The number of amides is 1. The lowest BCUT2D eigenvalue weighted by atomic mass is 10.1. The lowest BCUT2D eigenvalue weighted by molar-refractivity contribution is 0.102. The molecule has 2 N–H and O–H groups in total. The maximum absolute atomic E-state index is 12.5. The number of furan rings is 1. The number of ether oxygens (including phenoxy) is 1. The van der Waals surface area contributed by atoms with Crippen LogP contribution in [0.4, 0.5) is 5.69 Å². The molecule has 1 aromatic heterocycles. The number of benzene rings is 2. The SMILES string of the molecule is CC(C)COc1cccc(C(=O)Nc2ccc(-c3ccc(CO)o3)cc2)c1. The van der Waals surface area contributed by atoms with Crippen LogP contribution in [0.1, 0.15) is 30.0 Å². The molecule has 0 bridgehead atoms. The van der Waals surface area contributed by atoms with Crippen LogP contribution in [0.3, 0.4) is 0 Å². The quantitative estimate of drug-likeness (QED) is 0.635. The van der Waals surface area contributed by atoms with Crippen molar-refractivity contribution in [1.29, 1.82) is 0 Å². The molecule has 2 aromatic carbocycles.